The third-order valence-corrected chi connectivity index (χ3v) is 3.86. The van der Waals surface area contributed by atoms with Crippen molar-refractivity contribution in [2.45, 2.75) is 13.0 Å². The van der Waals surface area contributed by atoms with Crippen LogP contribution in [0, 0.1) is 0 Å². The van der Waals surface area contributed by atoms with E-state index in [-0.39, 0.29) is 19.1 Å². The second-order valence-corrected chi connectivity index (χ2v) is 5.88. The van der Waals surface area contributed by atoms with Gasteiger partial charge in [-0.2, -0.15) is 0 Å². The molecule has 2 rings (SSSR count). The van der Waals surface area contributed by atoms with Crippen LogP contribution < -0.4 is 21.5 Å². The summed E-state index contributed by atoms with van der Waals surface area (Å²) in [5.74, 6) is -0.866. The van der Waals surface area contributed by atoms with Crippen molar-refractivity contribution >= 4 is 17.8 Å². The average molecular weight is 385 g/mol. The normalized spacial score (nSPS) is 11.4. The average Bonchev–Trinajstić information content (AvgIpc) is 2.71. The Bertz CT molecular complexity index is 819. The molecule has 0 radical (unpaired) electrons. The lowest BCUT2D eigenvalue weighted by atomic mass is 10.0. The molecule has 0 aromatic heterocycles. The number of nitrogens with one attached hydrogen (secondary N) is 1. The van der Waals surface area contributed by atoms with Gasteiger partial charge in [-0.1, -0.05) is 12.1 Å². The Hall–Kier alpha value is -3.39. The summed E-state index contributed by atoms with van der Waals surface area (Å²) in [6, 6.07) is 12.6. The SMILES string of the molecule is CCOC(=O)c1ccc(C(CN)NC(=O)c2ccc(OCC(N)=O)cc2)cc1. The Morgan fingerprint density at radius 2 is 1.61 bits per heavy atom. The fourth-order valence-electron chi connectivity index (χ4n) is 2.44. The Labute approximate surface area is 162 Å². The van der Waals surface area contributed by atoms with Crippen LogP contribution in [0.1, 0.15) is 39.2 Å². The zero-order valence-electron chi connectivity index (χ0n) is 15.5. The minimum atomic E-state index is -0.582. The van der Waals surface area contributed by atoms with Gasteiger partial charge in [-0.15, -0.1) is 0 Å². The van der Waals surface area contributed by atoms with Crippen molar-refractivity contribution in [3.63, 3.8) is 0 Å². The number of hydrogen-bond acceptors (Lipinski definition) is 6. The van der Waals surface area contributed by atoms with Crippen LogP contribution in [-0.4, -0.2) is 37.5 Å². The molecule has 5 N–H and O–H groups in total. The summed E-state index contributed by atoms with van der Waals surface area (Å²) in [4.78, 5) is 34.9. The molecular formula is C20H23N3O5. The van der Waals surface area contributed by atoms with Crippen molar-refractivity contribution in [3.05, 3.63) is 65.2 Å². The quantitative estimate of drug-likeness (QED) is 0.555. The Kier molecular flexibility index (Phi) is 7.53. The smallest absolute Gasteiger partial charge is 0.338 e. The highest BCUT2D eigenvalue weighted by Crippen LogP contribution is 2.16. The second-order valence-electron chi connectivity index (χ2n) is 5.88. The molecule has 0 spiro atoms. The third-order valence-electron chi connectivity index (χ3n) is 3.86. The monoisotopic (exact) mass is 385 g/mol. The molecule has 0 aliphatic heterocycles. The van der Waals surface area contributed by atoms with Gasteiger partial charge in [-0.05, 0) is 48.9 Å². The van der Waals surface area contributed by atoms with Crippen molar-refractivity contribution in [2.24, 2.45) is 11.5 Å². The van der Waals surface area contributed by atoms with Crippen LogP contribution in [0.2, 0.25) is 0 Å². The van der Waals surface area contributed by atoms with E-state index in [0.717, 1.165) is 5.56 Å². The highest BCUT2D eigenvalue weighted by Gasteiger charge is 2.15. The van der Waals surface area contributed by atoms with Gasteiger partial charge < -0.3 is 26.3 Å². The van der Waals surface area contributed by atoms with Crippen LogP contribution in [0.4, 0.5) is 0 Å². The molecule has 1 unspecified atom stereocenters. The first-order valence-corrected chi connectivity index (χ1v) is 8.73. The number of ether oxygens (including phenoxy) is 2. The first-order chi connectivity index (χ1) is 13.4. The number of esters is 1. The predicted molar refractivity (Wildman–Crippen MR) is 103 cm³/mol. The summed E-state index contributed by atoms with van der Waals surface area (Å²) >= 11 is 0. The van der Waals surface area contributed by atoms with Gasteiger partial charge in [0.15, 0.2) is 6.61 Å². The molecule has 0 bridgehead atoms. The predicted octanol–water partition coefficient (Wildman–Crippen LogP) is 1.16. The first-order valence-electron chi connectivity index (χ1n) is 8.73. The van der Waals surface area contributed by atoms with Crippen LogP contribution in [0.3, 0.4) is 0 Å². The Morgan fingerprint density at radius 1 is 1.00 bits per heavy atom. The molecule has 0 heterocycles. The van der Waals surface area contributed by atoms with Crippen molar-refractivity contribution < 1.29 is 23.9 Å². The molecule has 2 amide bonds. The largest absolute Gasteiger partial charge is 0.484 e. The number of hydrogen-bond donors (Lipinski definition) is 3. The molecule has 2 aromatic rings. The third kappa shape index (κ3) is 5.82. The summed E-state index contributed by atoms with van der Waals surface area (Å²) in [7, 11) is 0. The fourth-order valence-corrected chi connectivity index (χ4v) is 2.44. The van der Waals surface area contributed by atoms with Gasteiger partial charge in [-0.25, -0.2) is 4.79 Å². The van der Waals surface area contributed by atoms with Gasteiger partial charge in [0.2, 0.25) is 0 Å². The molecule has 2 aromatic carbocycles. The standard InChI is InChI=1S/C20H23N3O5/c1-2-27-20(26)15-5-3-13(4-6-15)17(11-21)23-19(25)14-7-9-16(10-8-14)28-12-18(22)24/h3-10,17H,2,11-12,21H2,1H3,(H2,22,24)(H,23,25). The van der Waals surface area contributed by atoms with E-state index in [1.54, 1.807) is 55.5 Å². The summed E-state index contributed by atoms with van der Waals surface area (Å²) in [6.07, 6.45) is 0. The number of carbonyl (C=O) groups is 3. The lowest BCUT2D eigenvalue weighted by Gasteiger charge is -2.18. The second kappa shape index (κ2) is 10.1. The number of primary amides is 1. The van der Waals surface area contributed by atoms with E-state index >= 15 is 0 Å². The van der Waals surface area contributed by atoms with Crippen molar-refractivity contribution in [1.29, 1.82) is 0 Å². The number of rotatable bonds is 9. The molecule has 8 nitrogen and oxygen atoms in total. The van der Waals surface area contributed by atoms with Crippen molar-refractivity contribution in [3.8, 4) is 5.75 Å². The van der Waals surface area contributed by atoms with Gasteiger partial charge >= 0.3 is 5.97 Å². The molecule has 8 heteroatoms. The maximum atomic E-state index is 12.5. The summed E-state index contributed by atoms with van der Waals surface area (Å²) in [5.41, 5.74) is 12.4. The maximum absolute atomic E-state index is 12.5. The van der Waals surface area contributed by atoms with E-state index in [9.17, 15) is 14.4 Å². The first kappa shape index (κ1) is 20.9. The molecule has 0 saturated heterocycles. The summed E-state index contributed by atoms with van der Waals surface area (Å²) in [6.45, 7) is 1.99. The molecule has 1 atom stereocenters. The van der Waals surface area contributed by atoms with E-state index in [2.05, 4.69) is 5.32 Å². The maximum Gasteiger partial charge on any atom is 0.338 e. The van der Waals surface area contributed by atoms with Gasteiger partial charge in [0, 0.05) is 12.1 Å². The number of benzene rings is 2. The van der Waals surface area contributed by atoms with Gasteiger partial charge in [0.05, 0.1) is 18.2 Å². The molecule has 0 aliphatic rings. The minimum absolute atomic E-state index is 0.185. The molecule has 28 heavy (non-hydrogen) atoms. The summed E-state index contributed by atoms with van der Waals surface area (Å²) < 4.78 is 10.1. The highest BCUT2D eigenvalue weighted by atomic mass is 16.5. The van der Waals surface area contributed by atoms with Gasteiger partial charge in [-0.3, -0.25) is 9.59 Å². The van der Waals surface area contributed by atoms with E-state index in [4.69, 9.17) is 20.9 Å². The van der Waals surface area contributed by atoms with Crippen molar-refractivity contribution in [1.82, 2.24) is 5.32 Å². The number of nitrogens with two attached hydrogens (primary N) is 2. The Balaban J connectivity index is 2.02. The van der Waals surface area contributed by atoms with E-state index < -0.39 is 17.9 Å². The zero-order valence-corrected chi connectivity index (χ0v) is 15.5. The van der Waals surface area contributed by atoms with Crippen LogP contribution in [-0.2, 0) is 9.53 Å². The molecule has 148 valence electrons. The van der Waals surface area contributed by atoms with Crippen molar-refractivity contribution in [2.75, 3.05) is 19.8 Å². The van der Waals surface area contributed by atoms with E-state index in [1.807, 2.05) is 0 Å². The van der Waals surface area contributed by atoms with Crippen LogP contribution >= 0.6 is 0 Å². The minimum Gasteiger partial charge on any atom is -0.484 e. The fraction of sp³-hybridized carbons (Fsp3) is 0.250. The highest BCUT2D eigenvalue weighted by molar-refractivity contribution is 5.94. The van der Waals surface area contributed by atoms with Crippen LogP contribution in [0.25, 0.3) is 0 Å². The lowest BCUT2D eigenvalue weighted by molar-refractivity contribution is -0.119. The molecule has 0 saturated carbocycles. The molecule has 0 fully saturated rings. The lowest BCUT2D eigenvalue weighted by Crippen LogP contribution is -2.33. The van der Waals surface area contributed by atoms with Crippen LogP contribution in [0.15, 0.2) is 48.5 Å². The number of carbonyl (C=O) groups excluding carboxylic acids is 3. The zero-order chi connectivity index (χ0) is 20.5. The summed E-state index contributed by atoms with van der Waals surface area (Å²) in [5, 5.41) is 2.85. The van der Waals surface area contributed by atoms with Gasteiger partial charge in [0.1, 0.15) is 5.75 Å². The molecule has 0 aliphatic carbocycles. The van der Waals surface area contributed by atoms with Gasteiger partial charge in [0.25, 0.3) is 11.8 Å². The Morgan fingerprint density at radius 3 is 2.14 bits per heavy atom. The van der Waals surface area contributed by atoms with Crippen LogP contribution in [0.5, 0.6) is 5.75 Å². The number of amides is 2. The topological polar surface area (TPSA) is 134 Å². The van der Waals surface area contributed by atoms with E-state index in [1.165, 1.54) is 0 Å². The molecular weight excluding hydrogens is 362 g/mol. The van der Waals surface area contributed by atoms with E-state index in [0.29, 0.717) is 23.5 Å².